The molecule has 2 aliphatic rings. The van der Waals surface area contributed by atoms with Crippen molar-refractivity contribution in [1.82, 2.24) is 0 Å². The highest BCUT2D eigenvalue weighted by molar-refractivity contribution is 6.58. The van der Waals surface area contributed by atoms with Crippen LogP contribution in [0.5, 0.6) is 5.75 Å². The summed E-state index contributed by atoms with van der Waals surface area (Å²) in [4.78, 5) is 0. The van der Waals surface area contributed by atoms with Crippen LogP contribution in [0.4, 0.5) is 22.0 Å². The molecular weight excluding hydrogens is 427 g/mol. The molecule has 31 heavy (non-hydrogen) atoms. The van der Waals surface area contributed by atoms with Gasteiger partial charge in [-0.25, -0.2) is 8.78 Å². The molecule has 3 rings (SSSR count). The normalized spacial score (nSPS) is 27.3. The Balaban J connectivity index is 1.44. The van der Waals surface area contributed by atoms with E-state index in [1.165, 1.54) is 50.2 Å². The number of ether oxygens (including phenoxy) is 1. The molecule has 0 spiro atoms. The average molecular weight is 463 g/mol. The number of alkyl halides is 3. The Morgan fingerprint density at radius 3 is 1.97 bits per heavy atom. The molecule has 2 fully saturated rings. The minimum atomic E-state index is -4.63. The third-order valence-corrected chi connectivity index (χ3v) is 11.1. The molecule has 0 radical (unpaired) electrons. The van der Waals surface area contributed by atoms with Gasteiger partial charge in [0.15, 0.2) is 24.0 Å². The summed E-state index contributed by atoms with van der Waals surface area (Å²) < 4.78 is 69.5. The fraction of sp³-hybridized carbons (Fsp3) is 0.750. The molecule has 1 saturated heterocycles. The van der Waals surface area contributed by atoms with Crippen molar-refractivity contribution in [2.75, 3.05) is 6.61 Å². The molecule has 1 heterocycles. The van der Waals surface area contributed by atoms with Crippen molar-refractivity contribution in [3.8, 4) is 5.75 Å². The summed E-state index contributed by atoms with van der Waals surface area (Å²) in [5.74, 6) is -1.40. The van der Waals surface area contributed by atoms with E-state index in [4.69, 9.17) is 0 Å². The van der Waals surface area contributed by atoms with E-state index < -0.39 is 39.0 Å². The molecule has 0 bridgehead atoms. The topological polar surface area (TPSA) is 9.23 Å². The lowest BCUT2D eigenvalue weighted by molar-refractivity contribution is -0.154. The van der Waals surface area contributed by atoms with Crippen molar-refractivity contribution in [3.05, 3.63) is 29.3 Å². The first-order valence-electron chi connectivity index (χ1n) is 11.9. The van der Waals surface area contributed by atoms with E-state index in [0.717, 1.165) is 43.7 Å². The van der Waals surface area contributed by atoms with Gasteiger partial charge >= 0.3 is 6.18 Å². The first-order valence-corrected chi connectivity index (χ1v) is 14.4. The van der Waals surface area contributed by atoms with E-state index in [9.17, 15) is 22.0 Å². The monoisotopic (exact) mass is 462 g/mol. The molecule has 0 aromatic heterocycles. The second-order valence-electron chi connectivity index (χ2n) is 9.69. The lowest BCUT2D eigenvalue weighted by Gasteiger charge is -2.32. The fourth-order valence-electron chi connectivity index (χ4n) is 5.58. The van der Waals surface area contributed by atoms with Crippen molar-refractivity contribution < 1.29 is 26.7 Å². The second kappa shape index (κ2) is 11.1. The second-order valence-corrected chi connectivity index (χ2v) is 13.2. The fourth-order valence-corrected chi connectivity index (χ4v) is 9.15. The number of hydrogen-bond acceptors (Lipinski definition) is 1. The number of rotatable bonds is 8. The predicted octanol–water partition coefficient (Wildman–Crippen LogP) is 8.01. The standard InChI is InChI=1S/C24H35F5OSi/c1-2-11-31-12-9-18(10-13-31)4-3-17-5-7-19(8-6-17)20-14-21(25)23(22(26)15-20)30-16-24(27,28)29/h14-15,17-19,31H,2-13,16H2,1H3/t17-,18-,19-,31-. The molecular formula is C24H35F5OSi. The van der Waals surface area contributed by atoms with Gasteiger partial charge in [0, 0.05) is 8.80 Å². The third-order valence-electron chi connectivity index (χ3n) is 7.37. The van der Waals surface area contributed by atoms with Gasteiger partial charge in [-0.05, 0) is 61.1 Å². The Labute approximate surface area is 184 Å². The Morgan fingerprint density at radius 1 is 0.903 bits per heavy atom. The van der Waals surface area contributed by atoms with Crippen LogP contribution in [-0.4, -0.2) is 21.6 Å². The van der Waals surface area contributed by atoms with Crippen molar-refractivity contribution in [1.29, 1.82) is 0 Å². The van der Waals surface area contributed by atoms with Gasteiger partial charge in [0.25, 0.3) is 0 Å². The zero-order chi connectivity index (χ0) is 22.4. The predicted molar refractivity (Wildman–Crippen MR) is 116 cm³/mol. The van der Waals surface area contributed by atoms with Gasteiger partial charge in [0.1, 0.15) is 0 Å². The van der Waals surface area contributed by atoms with Gasteiger partial charge in [-0.1, -0.05) is 57.2 Å². The molecule has 1 nitrogen and oxygen atoms in total. The zero-order valence-electron chi connectivity index (χ0n) is 18.5. The maximum atomic E-state index is 14.2. The molecule has 0 atom stereocenters. The smallest absolute Gasteiger partial charge is 0.422 e. The molecule has 0 amide bonds. The molecule has 176 valence electrons. The molecule has 1 aromatic rings. The maximum absolute atomic E-state index is 14.2. The van der Waals surface area contributed by atoms with Crippen molar-refractivity contribution >= 4 is 8.80 Å². The lowest BCUT2D eigenvalue weighted by atomic mass is 9.76. The van der Waals surface area contributed by atoms with E-state index >= 15 is 0 Å². The Hall–Kier alpha value is -1.11. The van der Waals surface area contributed by atoms with Crippen LogP contribution in [0.3, 0.4) is 0 Å². The van der Waals surface area contributed by atoms with Gasteiger partial charge in [-0.15, -0.1) is 0 Å². The summed E-state index contributed by atoms with van der Waals surface area (Å²) in [7, 11) is -0.418. The van der Waals surface area contributed by atoms with Gasteiger partial charge in [0.2, 0.25) is 0 Å². The summed E-state index contributed by atoms with van der Waals surface area (Å²) in [6.45, 7) is 0.599. The van der Waals surface area contributed by atoms with Crippen LogP contribution in [0, 0.1) is 23.5 Å². The zero-order valence-corrected chi connectivity index (χ0v) is 19.6. The summed E-state index contributed by atoms with van der Waals surface area (Å²) in [5, 5.41) is 0. The molecule has 0 unspecified atom stereocenters. The highest BCUT2D eigenvalue weighted by Gasteiger charge is 2.31. The van der Waals surface area contributed by atoms with E-state index in [-0.39, 0.29) is 5.92 Å². The molecule has 1 aromatic carbocycles. The summed E-state index contributed by atoms with van der Waals surface area (Å²) >= 11 is 0. The van der Waals surface area contributed by atoms with Crippen molar-refractivity contribution in [2.45, 2.75) is 94.9 Å². The molecule has 1 saturated carbocycles. The molecule has 0 N–H and O–H groups in total. The highest BCUT2D eigenvalue weighted by atomic mass is 28.3. The summed E-state index contributed by atoms with van der Waals surface area (Å²) in [5.41, 5.74) is 0.534. The van der Waals surface area contributed by atoms with E-state index in [0.29, 0.717) is 11.5 Å². The quantitative estimate of drug-likeness (QED) is 0.281. The molecule has 7 heteroatoms. The summed E-state index contributed by atoms with van der Waals surface area (Å²) in [6, 6.07) is 6.85. The number of benzene rings is 1. The number of halogens is 5. The van der Waals surface area contributed by atoms with E-state index in [2.05, 4.69) is 11.7 Å². The minimum Gasteiger partial charge on any atom is -0.478 e. The van der Waals surface area contributed by atoms with Crippen LogP contribution >= 0.6 is 0 Å². The van der Waals surface area contributed by atoms with Crippen LogP contribution in [0.2, 0.25) is 18.1 Å². The first-order chi connectivity index (χ1) is 14.7. The lowest BCUT2D eigenvalue weighted by Crippen LogP contribution is -2.22. The van der Waals surface area contributed by atoms with Gasteiger partial charge < -0.3 is 4.74 Å². The Bertz CT molecular complexity index is 669. The molecule has 1 aliphatic carbocycles. The van der Waals surface area contributed by atoms with Crippen LogP contribution < -0.4 is 4.74 Å². The van der Waals surface area contributed by atoms with E-state index in [1.807, 2.05) is 0 Å². The average Bonchev–Trinajstić information content (AvgIpc) is 2.72. The Morgan fingerprint density at radius 2 is 1.45 bits per heavy atom. The Kier molecular flexibility index (Phi) is 8.82. The maximum Gasteiger partial charge on any atom is 0.422 e. The van der Waals surface area contributed by atoms with Crippen LogP contribution in [0.15, 0.2) is 12.1 Å². The third kappa shape index (κ3) is 7.47. The van der Waals surface area contributed by atoms with Crippen LogP contribution in [-0.2, 0) is 0 Å². The van der Waals surface area contributed by atoms with Crippen molar-refractivity contribution in [2.24, 2.45) is 11.8 Å². The van der Waals surface area contributed by atoms with Crippen molar-refractivity contribution in [3.63, 3.8) is 0 Å². The SMILES string of the molecule is CCC[Si@H]1CC[C@H](CC[C@H]2CC[C@H](c3cc(F)c(OCC(F)(F)F)c(F)c3)CC2)CC1. The highest BCUT2D eigenvalue weighted by Crippen LogP contribution is 2.41. The van der Waals surface area contributed by atoms with Gasteiger partial charge in [0.05, 0.1) is 0 Å². The van der Waals surface area contributed by atoms with Gasteiger partial charge in [-0.2, -0.15) is 13.2 Å². The van der Waals surface area contributed by atoms with Gasteiger partial charge in [-0.3, -0.25) is 0 Å². The summed E-state index contributed by atoms with van der Waals surface area (Å²) in [6.07, 6.45) is 6.00. The van der Waals surface area contributed by atoms with Crippen LogP contribution in [0.25, 0.3) is 0 Å². The van der Waals surface area contributed by atoms with E-state index in [1.54, 1.807) is 0 Å². The van der Waals surface area contributed by atoms with Crippen LogP contribution in [0.1, 0.15) is 76.2 Å². The minimum absolute atomic E-state index is 0.0624. The molecule has 1 aliphatic heterocycles. The first kappa shape index (κ1) is 24.5. The largest absolute Gasteiger partial charge is 0.478 e. The number of hydrogen-bond donors (Lipinski definition) is 0.